The summed E-state index contributed by atoms with van der Waals surface area (Å²) in [6, 6.07) is 13.4. The van der Waals surface area contributed by atoms with Crippen molar-refractivity contribution in [3.63, 3.8) is 0 Å². The van der Waals surface area contributed by atoms with Gasteiger partial charge in [-0.3, -0.25) is 0 Å². The molecule has 0 bridgehead atoms. The van der Waals surface area contributed by atoms with Crippen molar-refractivity contribution < 1.29 is 28.8 Å². The highest BCUT2D eigenvalue weighted by molar-refractivity contribution is 6.64. The standard InChI is InChI=1S/C21H23BO6/c1-3-20(23)27-15-5-4-14-26-18-10-6-16(7-11-18)21(24)28-19-12-8-17(9-13-19)22(2)25/h3,6-13,25H,1,4-5,14-15H2,2H3. The van der Waals surface area contributed by atoms with Crippen LogP contribution in [-0.2, 0) is 9.53 Å². The minimum atomic E-state index is -0.570. The van der Waals surface area contributed by atoms with Gasteiger partial charge in [0.1, 0.15) is 11.5 Å². The van der Waals surface area contributed by atoms with Crippen molar-refractivity contribution in [1.82, 2.24) is 0 Å². The van der Waals surface area contributed by atoms with Gasteiger partial charge in [0, 0.05) is 6.08 Å². The average molecular weight is 382 g/mol. The summed E-state index contributed by atoms with van der Waals surface area (Å²) in [6.07, 6.45) is 2.56. The van der Waals surface area contributed by atoms with Crippen LogP contribution in [0.15, 0.2) is 61.2 Å². The Kier molecular flexibility index (Phi) is 8.30. The fraction of sp³-hybridized carbons (Fsp3) is 0.238. The molecule has 0 aliphatic carbocycles. The maximum Gasteiger partial charge on any atom is 0.343 e. The van der Waals surface area contributed by atoms with Crippen LogP contribution in [0.3, 0.4) is 0 Å². The number of esters is 2. The zero-order valence-electron chi connectivity index (χ0n) is 15.8. The van der Waals surface area contributed by atoms with Gasteiger partial charge in [-0.05, 0) is 54.7 Å². The van der Waals surface area contributed by atoms with Crippen LogP contribution in [0, 0.1) is 0 Å². The summed E-state index contributed by atoms with van der Waals surface area (Å²) in [6.45, 7) is 5.23. The second-order valence-electron chi connectivity index (χ2n) is 6.09. The fourth-order valence-electron chi connectivity index (χ4n) is 2.29. The first-order valence-corrected chi connectivity index (χ1v) is 9.02. The molecule has 0 fully saturated rings. The van der Waals surface area contributed by atoms with Gasteiger partial charge in [0.15, 0.2) is 0 Å². The number of hydrogen-bond donors (Lipinski definition) is 1. The van der Waals surface area contributed by atoms with Crippen LogP contribution in [0.4, 0.5) is 0 Å². The fourth-order valence-corrected chi connectivity index (χ4v) is 2.29. The summed E-state index contributed by atoms with van der Waals surface area (Å²) < 4.78 is 15.8. The minimum absolute atomic E-state index is 0.331. The molecule has 1 N–H and O–H groups in total. The maximum absolute atomic E-state index is 12.2. The van der Waals surface area contributed by atoms with E-state index in [0.717, 1.165) is 18.0 Å². The molecule has 2 aromatic carbocycles. The van der Waals surface area contributed by atoms with Gasteiger partial charge in [0.2, 0.25) is 0 Å². The summed E-state index contributed by atoms with van der Waals surface area (Å²) >= 11 is 0. The molecule has 0 heterocycles. The van der Waals surface area contributed by atoms with Crippen LogP contribution in [0.1, 0.15) is 23.2 Å². The predicted octanol–water partition coefficient (Wildman–Crippen LogP) is 2.61. The predicted molar refractivity (Wildman–Crippen MR) is 107 cm³/mol. The van der Waals surface area contributed by atoms with E-state index in [1.165, 1.54) is 0 Å². The Labute approximate surface area is 164 Å². The van der Waals surface area contributed by atoms with E-state index in [2.05, 4.69) is 6.58 Å². The molecule has 0 spiro atoms. The third kappa shape index (κ3) is 6.93. The molecule has 0 aliphatic rings. The number of benzene rings is 2. The number of carbonyl (C=O) groups excluding carboxylic acids is 2. The number of unbranched alkanes of at least 4 members (excludes halogenated alkanes) is 1. The first kappa shape index (κ1) is 21.2. The number of ether oxygens (including phenoxy) is 3. The Morgan fingerprint density at radius 3 is 2.21 bits per heavy atom. The molecule has 0 saturated heterocycles. The first-order valence-electron chi connectivity index (χ1n) is 9.02. The maximum atomic E-state index is 12.2. The van der Waals surface area contributed by atoms with Gasteiger partial charge in [0.25, 0.3) is 0 Å². The van der Waals surface area contributed by atoms with Gasteiger partial charge in [0.05, 0.1) is 18.8 Å². The second kappa shape index (κ2) is 10.9. The van der Waals surface area contributed by atoms with Gasteiger partial charge in [-0.15, -0.1) is 0 Å². The zero-order valence-corrected chi connectivity index (χ0v) is 15.8. The van der Waals surface area contributed by atoms with Crippen molar-refractivity contribution in [2.45, 2.75) is 19.7 Å². The van der Waals surface area contributed by atoms with E-state index >= 15 is 0 Å². The largest absolute Gasteiger partial charge is 0.494 e. The van der Waals surface area contributed by atoms with E-state index in [-0.39, 0.29) is 0 Å². The summed E-state index contributed by atoms with van der Waals surface area (Å²) in [7, 11) is 0. The van der Waals surface area contributed by atoms with Gasteiger partial charge in [-0.2, -0.15) is 0 Å². The number of rotatable bonds is 10. The smallest absolute Gasteiger partial charge is 0.343 e. The average Bonchev–Trinajstić information content (AvgIpc) is 2.71. The lowest BCUT2D eigenvalue weighted by molar-refractivity contribution is -0.137. The van der Waals surface area contributed by atoms with Crippen molar-refractivity contribution in [3.8, 4) is 11.5 Å². The summed E-state index contributed by atoms with van der Waals surface area (Å²) in [5.74, 6) is 0.149. The van der Waals surface area contributed by atoms with E-state index < -0.39 is 18.9 Å². The van der Waals surface area contributed by atoms with E-state index in [0.29, 0.717) is 36.7 Å². The lowest BCUT2D eigenvalue weighted by atomic mass is 9.64. The molecule has 0 unspecified atom stereocenters. The Morgan fingerprint density at radius 1 is 1.00 bits per heavy atom. The number of carbonyl (C=O) groups is 2. The van der Waals surface area contributed by atoms with Crippen molar-refractivity contribution in [3.05, 3.63) is 66.7 Å². The number of hydrogen-bond acceptors (Lipinski definition) is 6. The third-order valence-corrected chi connectivity index (χ3v) is 3.88. The summed E-state index contributed by atoms with van der Waals surface area (Å²) in [5.41, 5.74) is 1.16. The summed E-state index contributed by atoms with van der Waals surface area (Å²) in [5, 5.41) is 9.49. The van der Waals surface area contributed by atoms with E-state index in [1.807, 2.05) is 0 Å². The Hall–Kier alpha value is -3.06. The van der Waals surface area contributed by atoms with Crippen LogP contribution in [-0.4, -0.2) is 37.1 Å². The van der Waals surface area contributed by atoms with E-state index in [4.69, 9.17) is 14.2 Å². The topological polar surface area (TPSA) is 82.1 Å². The van der Waals surface area contributed by atoms with E-state index in [9.17, 15) is 14.6 Å². The third-order valence-electron chi connectivity index (χ3n) is 3.88. The molecule has 0 amide bonds. The minimum Gasteiger partial charge on any atom is -0.494 e. The SMILES string of the molecule is C=CC(=O)OCCCCOc1ccc(C(=O)Oc2ccc(B(C)O)cc2)cc1. The molecule has 0 aliphatic heterocycles. The van der Waals surface area contributed by atoms with E-state index in [1.54, 1.807) is 55.4 Å². The monoisotopic (exact) mass is 382 g/mol. The lowest BCUT2D eigenvalue weighted by Crippen LogP contribution is -2.25. The molecule has 7 heteroatoms. The quantitative estimate of drug-likeness (QED) is 0.224. The van der Waals surface area contributed by atoms with Gasteiger partial charge in [-0.25, -0.2) is 9.59 Å². The van der Waals surface area contributed by atoms with Crippen LogP contribution in [0.5, 0.6) is 11.5 Å². The Bertz CT molecular complexity index is 784. The van der Waals surface area contributed by atoms with Crippen LogP contribution in [0.25, 0.3) is 0 Å². The first-order chi connectivity index (χ1) is 13.5. The highest BCUT2D eigenvalue weighted by Gasteiger charge is 2.10. The van der Waals surface area contributed by atoms with Gasteiger partial charge >= 0.3 is 18.9 Å². The molecule has 0 saturated carbocycles. The molecular weight excluding hydrogens is 359 g/mol. The highest BCUT2D eigenvalue weighted by atomic mass is 16.5. The van der Waals surface area contributed by atoms with Crippen LogP contribution < -0.4 is 14.9 Å². The molecule has 2 rings (SSSR count). The van der Waals surface area contributed by atoms with Gasteiger partial charge in [-0.1, -0.05) is 25.5 Å². The zero-order chi connectivity index (χ0) is 20.4. The van der Waals surface area contributed by atoms with Crippen molar-refractivity contribution in [2.24, 2.45) is 0 Å². The Morgan fingerprint density at radius 2 is 1.61 bits per heavy atom. The van der Waals surface area contributed by atoms with Crippen LogP contribution in [0.2, 0.25) is 6.82 Å². The second-order valence-corrected chi connectivity index (χ2v) is 6.09. The van der Waals surface area contributed by atoms with Crippen molar-refractivity contribution in [2.75, 3.05) is 13.2 Å². The Balaban J connectivity index is 1.76. The molecule has 0 radical (unpaired) electrons. The van der Waals surface area contributed by atoms with Crippen molar-refractivity contribution in [1.29, 1.82) is 0 Å². The van der Waals surface area contributed by atoms with Gasteiger partial charge < -0.3 is 19.2 Å². The molecule has 2 aromatic rings. The van der Waals surface area contributed by atoms with Crippen LogP contribution >= 0.6 is 0 Å². The molecule has 0 aromatic heterocycles. The van der Waals surface area contributed by atoms with Crippen molar-refractivity contribution >= 4 is 24.3 Å². The molecule has 28 heavy (non-hydrogen) atoms. The summed E-state index contributed by atoms with van der Waals surface area (Å²) in [4.78, 5) is 23.1. The molecule has 6 nitrogen and oxygen atoms in total. The highest BCUT2D eigenvalue weighted by Crippen LogP contribution is 2.16. The molecule has 146 valence electrons. The normalized spacial score (nSPS) is 10.1. The molecule has 0 atom stereocenters. The lowest BCUT2D eigenvalue weighted by Gasteiger charge is -2.08. The molecular formula is C21H23BO6.